The lowest BCUT2D eigenvalue weighted by molar-refractivity contribution is -0.133. The average molecular weight is 308 g/mol. The summed E-state index contributed by atoms with van der Waals surface area (Å²) in [7, 11) is 1.46. The van der Waals surface area contributed by atoms with Crippen molar-refractivity contribution in [2.45, 2.75) is 26.7 Å². The Hall–Kier alpha value is -2.24. The van der Waals surface area contributed by atoms with Gasteiger partial charge in [-0.1, -0.05) is 13.8 Å². The minimum atomic E-state index is -0.110. The van der Waals surface area contributed by atoms with E-state index in [4.69, 9.17) is 15.2 Å². The Kier molecular flexibility index (Phi) is 7.22. The Morgan fingerprint density at radius 2 is 1.91 bits per heavy atom. The van der Waals surface area contributed by atoms with Crippen molar-refractivity contribution in [2.24, 2.45) is 0 Å². The smallest absolute Gasteiger partial charge is 0.260 e. The lowest BCUT2D eigenvalue weighted by Crippen LogP contribution is -2.36. The summed E-state index contributed by atoms with van der Waals surface area (Å²) in [5.41, 5.74) is 6.53. The lowest BCUT2D eigenvalue weighted by Gasteiger charge is -2.22. The van der Waals surface area contributed by atoms with Crippen LogP contribution in [0.3, 0.4) is 0 Å². The van der Waals surface area contributed by atoms with Crippen molar-refractivity contribution in [3.63, 3.8) is 0 Å². The second kappa shape index (κ2) is 8.92. The minimum Gasteiger partial charge on any atom is -0.493 e. The first-order valence-corrected chi connectivity index (χ1v) is 7.40. The van der Waals surface area contributed by atoms with Crippen molar-refractivity contribution < 1.29 is 19.1 Å². The Bertz CT molecular complexity index is 511. The number of hydrogen-bond donors (Lipinski definition) is 1. The second-order valence-corrected chi connectivity index (χ2v) is 4.93. The highest BCUT2D eigenvalue weighted by Crippen LogP contribution is 2.34. The molecule has 122 valence electrons. The maximum Gasteiger partial charge on any atom is 0.260 e. The van der Waals surface area contributed by atoms with Gasteiger partial charge in [0.05, 0.1) is 12.8 Å². The highest BCUT2D eigenvalue weighted by Gasteiger charge is 2.16. The number of carbonyl (C=O) groups excluding carboxylic acids is 2. The molecule has 0 aliphatic heterocycles. The summed E-state index contributed by atoms with van der Waals surface area (Å²) in [6.45, 7) is 5.34. The minimum absolute atomic E-state index is 0.0929. The van der Waals surface area contributed by atoms with Gasteiger partial charge in [-0.05, 0) is 25.0 Å². The van der Waals surface area contributed by atoms with E-state index < -0.39 is 0 Å². The normalized spacial score (nSPS) is 10.1. The van der Waals surface area contributed by atoms with Crippen molar-refractivity contribution in [3.8, 4) is 11.5 Å². The summed E-state index contributed by atoms with van der Waals surface area (Å²) in [5, 5.41) is 0. The Morgan fingerprint density at radius 3 is 2.41 bits per heavy atom. The second-order valence-electron chi connectivity index (χ2n) is 4.93. The van der Waals surface area contributed by atoms with Crippen LogP contribution >= 0.6 is 0 Å². The Morgan fingerprint density at radius 1 is 1.27 bits per heavy atom. The van der Waals surface area contributed by atoms with E-state index >= 15 is 0 Å². The van der Waals surface area contributed by atoms with Crippen molar-refractivity contribution in [1.29, 1.82) is 0 Å². The number of nitrogens with zero attached hydrogens (tertiary/aromatic N) is 1. The molecule has 0 bridgehead atoms. The number of rotatable bonds is 9. The van der Waals surface area contributed by atoms with Crippen molar-refractivity contribution in [2.75, 3.05) is 32.5 Å². The number of amides is 1. The third-order valence-corrected chi connectivity index (χ3v) is 3.14. The van der Waals surface area contributed by atoms with Crippen LogP contribution in [0.5, 0.6) is 11.5 Å². The van der Waals surface area contributed by atoms with Gasteiger partial charge in [-0.25, -0.2) is 0 Å². The molecule has 1 aromatic rings. The topological polar surface area (TPSA) is 81.9 Å². The molecule has 1 rings (SSSR count). The molecule has 1 amide bonds. The number of ether oxygens (including phenoxy) is 2. The SMILES string of the molecule is CCCN(CCC)C(=O)COc1c(N)cc(C=O)cc1OC. The fourth-order valence-corrected chi connectivity index (χ4v) is 2.15. The van der Waals surface area contributed by atoms with Gasteiger partial charge in [0.2, 0.25) is 0 Å². The van der Waals surface area contributed by atoms with E-state index in [1.807, 2.05) is 13.8 Å². The van der Waals surface area contributed by atoms with Gasteiger partial charge >= 0.3 is 0 Å². The molecule has 22 heavy (non-hydrogen) atoms. The van der Waals surface area contributed by atoms with Crippen LogP contribution in [0.15, 0.2) is 12.1 Å². The van der Waals surface area contributed by atoms with Crippen molar-refractivity contribution in [1.82, 2.24) is 4.90 Å². The van der Waals surface area contributed by atoms with Crippen LogP contribution in [0, 0.1) is 0 Å². The molecular weight excluding hydrogens is 284 g/mol. The number of nitrogens with two attached hydrogens (primary N) is 1. The molecule has 0 saturated heterocycles. The number of carbonyl (C=O) groups is 2. The molecule has 0 aromatic heterocycles. The van der Waals surface area contributed by atoms with E-state index in [-0.39, 0.29) is 24.0 Å². The zero-order valence-corrected chi connectivity index (χ0v) is 13.4. The molecule has 0 saturated carbocycles. The van der Waals surface area contributed by atoms with Gasteiger partial charge in [0.1, 0.15) is 6.29 Å². The van der Waals surface area contributed by atoms with Crippen molar-refractivity contribution >= 4 is 17.9 Å². The largest absolute Gasteiger partial charge is 0.493 e. The molecule has 0 heterocycles. The summed E-state index contributed by atoms with van der Waals surface area (Å²) in [6, 6.07) is 3.02. The summed E-state index contributed by atoms with van der Waals surface area (Å²) >= 11 is 0. The molecule has 0 aliphatic rings. The predicted molar refractivity (Wildman–Crippen MR) is 85.5 cm³/mol. The fourth-order valence-electron chi connectivity index (χ4n) is 2.15. The first-order chi connectivity index (χ1) is 10.6. The van der Waals surface area contributed by atoms with E-state index in [2.05, 4.69) is 0 Å². The molecule has 0 unspecified atom stereocenters. The van der Waals surface area contributed by atoms with E-state index in [9.17, 15) is 9.59 Å². The third-order valence-electron chi connectivity index (χ3n) is 3.14. The van der Waals surface area contributed by atoms with Crippen molar-refractivity contribution in [3.05, 3.63) is 17.7 Å². The summed E-state index contributed by atoms with van der Waals surface area (Å²) < 4.78 is 10.7. The standard InChI is InChI=1S/C16H24N2O4/c1-4-6-18(7-5-2)15(20)11-22-16-13(17)8-12(10-19)9-14(16)21-3/h8-10H,4-7,11,17H2,1-3H3. The monoisotopic (exact) mass is 308 g/mol. The van der Waals surface area contributed by atoms with Crippen LogP contribution in [0.4, 0.5) is 5.69 Å². The highest BCUT2D eigenvalue weighted by molar-refractivity contribution is 5.81. The predicted octanol–water partition coefficient (Wildman–Crippen LogP) is 2.12. The number of anilines is 1. The molecule has 2 N–H and O–H groups in total. The Labute approximate surface area is 131 Å². The van der Waals surface area contributed by atoms with E-state index in [0.29, 0.717) is 30.7 Å². The zero-order valence-electron chi connectivity index (χ0n) is 13.4. The maximum absolute atomic E-state index is 12.2. The summed E-state index contributed by atoms with van der Waals surface area (Å²) in [5.74, 6) is 0.534. The number of hydrogen-bond acceptors (Lipinski definition) is 5. The number of benzene rings is 1. The molecule has 0 radical (unpaired) electrons. The molecule has 1 aromatic carbocycles. The molecular formula is C16H24N2O4. The molecule has 6 heteroatoms. The van der Waals surface area contributed by atoms with Crippen LogP contribution < -0.4 is 15.2 Å². The third kappa shape index (κ3) is 4.65. The highest BCUT2D eigenvalue weighted by atomic mass is 16.5. The van der Waals surface area contributed by atoms with E-state index in [0.717, 1.165) is 12.8 Å². The zero-order chi connectivity index (χ0) is 16.5. The molecule has 0 fully saturated rings. The Balaban J connectivity index is 2.82. The van der Waals surface area contributed by atoms with Crippen LogP contribution in [-0.2, 0) is 4.79 Å². The summed E-state index contributed by atoms with van der Waals surface area (Å²) in [4.78, 5) is 24.8. The first kappa shape index (κ1) is 17.8. The number of methoxy groups -OCH3 is 1. The van der Waals surface area contributed by atoms with Crippen LogP contribution in [-0.4, -0.2) is 43.9 Å². The number of aldehydes is 1. The van der Waals surface area contributed by atoms with E-state index in [1.54, 1.807) is 4.90 Å². The molecule has 6 nitrogen and oxygen atoms in total. The van der Waals surface area contributed by atoms with Gasteiger partial charge in [-0.15, -0.1) is 0 Å². The van der Waals surface area contributed by atoms with Gasteiger partial charge in [-0.2, -0.15) is 0 Å². The van der Waals surface area contributed by atoms with Gasteiger partial charge in [0.25, 0.3) is 5.91 Å². The molecule has 0 spiro atoms. The van der Waals surface area contributed by atoms with Gasteiger partial charge in [0.15, 0.2) is 18.1 Å². The molecule has 0 atom stereocenters. The van der Waals surface area contributed by atoms with Gasteiger partial charge < -0.3 is 20.1 Å². The van der Waals surface area contributed by atoms with Crippen LogP contribution in [0.2, 0.25) is 0 Å². The fraction of sp³-hybridized carbons (Fsp3) is 0.500. The quantitative estimate of drug-likeness (QED) is 0.558. The first-order valence-electron chi connectivity index (χ1n) is 7.40. The van der Waals surface area contributed by atoms with Crippen LogP contribution in [0.25, 0.3) is 0 Å². The van der Waals surface area contributed by atoms with Gasteiger partial charge in [-0.3, -0.25) is 9.59 Å². The lowest BCUT2D eigenvalue weighted by atomic mass is 10.2. The maximum atomic E-state index is 12.2. The summed E-state index contributed by atoms with van der Waals surface area (Å²) in [6.07, 6.45) is 2.47. The van der Waals surface area contributed by atoms with Crippen LogP contribution in [0.1, 0.15) is 37.0 Å². The van der Waals surface area contributed by atoms with Gasteiger partial charge in [0, 0.05) is 18.7 Å². The number of nitrogen functional groups attached to an aromatic ring is 1. The van der Waals surface area contributed by atoms with E-state index in [1.165, 1.54) is 19.2 Å². The average Bonchev–Trinajstić information content (AvgIpc) is 2.52. The molecule has 0 aliphatic carbocycles.